The van der Waals surface area contributed by atoms with E-state index in [9.17, 15) is 14.4 Å². The Morgan fingerprint density at radius 1 is 0.333 bits per heavy atom. The van der Waals surface area contributed by atoms with E-state index in [1.54, 1.807) is 0 Å². The molecular weight excluding hydrogens is 781 g/mol. The highest BCUT2D eigenvalue weighted by Gasteiger charge is 2.19. The summed E-state index contributed by atoms with van der Waals surface area (Å²) in [5.41, 5.74) is 0. The van der Waals surface area contributed by atoms with E-state index in [0.29, 0.717) is 12.8 Å². The van der Waals surface area contributed by atoms with Crippen molar-refractivity contribution in [1.82, 2.24) is 0 Å². The highest BCUT2D eigenvalue weighted by atomic mass is 16.6. The molecule has 0 aliphatic heterocycles. The second-order valence-corrected chi connectivity index (χ2v) is 15.3. The van der Waals surface area contributed by atoms with Crippen LogP contribution in [0, 0.1) is 0 Å². The van der Waals surface area contributed by atoms with E-state index in [-0.39, 0.29) is 44.0 Å². The molecule has 63 heavy (non-hydrogen) atoms. The van der Waals surface area contributed by atoms with Gasteiger partial charge in [-0.1, -0.05) is 199 Å². The predicted molar refractivity (Wildman–Crippen MR) is 269 cm³/mol. The van der Waals surface area contributed by atoms with Gasteiger partial charge in [0.2, 0.25) is 0 Å². The quantitative estimate of drug-likeness (QED) is 0.0200. The van der Waals surface area contributed by atoms with Gasteiger partial charge in [-0.25, -0.2) is 0 Å². The van der Waals surface area contributed by atoms with Crippen LogP contribution < -0.4 is 0 Å². The Bertz CT molecular complexity index is 1460. The zero-order valence-electron chi connectivity index (χ0n) is 39.8. The van der Waals surface area contributed by atoms with E-state index in [1.807, 2.05) is 54.7 Å². The third kappa shape index (κ3) is 48.2. The molecule has 0 saturated heterocycles. The molecule has 0 amide bonds. The van der Waals surface area contributed by atoms with E-state index in [4.69, 9.17) is 14.2 Å². The number of carbonyl (C=O) groups excluding carboxylic acids is 3. The molecule has 0 aromatic heterocycles. The van der Waals surface area contributed by atoms with Crippen molar-refractivity contribution in [2.24, 2.45) is 0 Å². The van der Waals surface area contributed by atoms with Crippen LogP contribution in [-0.4, -0.2) is 37.2 Å². The average Bonchev–Trinajstić information content (AvgIpc) is 3.28. The molecule has 0 aliphatic rings. The van der Waals surface area contributed by atoms with Gasteiger partial charge in [-0.2, -0.15) is 0 Å². The molecule has 0 aromatic rings. The van der Waals surface area contributed by atoms with Crippen LogP contribution in [0.2, 0.25) is 0 Å². The highest BCUT2D eigenvalue weighted by molar-refractivity contribution is 5.71. The lowest BCUT2D eigenvalue weighted by molar-refractivity contribution is -0.167. The van der Waals surface area contributed by atoms with Gasteiger partial charge in [-0.15, -0.1) is 0 Å². The smallest absolute Gasteiger partial charge is 0.306 e. The number of hydrogen-bond acceptors (Lipinski definition) is 6. The molecule has 1 unspecified atom stereocenters. The van der Waals surface area contributed by atoms with Crippen molar-refractivity contribution in [3.05, 3.63) is 146 Å². The standard InChI is InChI=1S/C57H86O6/c1-4-7-10-13-16-19-22-25-27-29-32-35-38-41-44-47-50-56(59)62-53-54(52-61-55(58)49-46-43-40-37-34-31-24-21-18-15-12-9-6-3)63-57(60)51-48-45-42-39-36-33-30-28-26-23-20-17-14-11-8-5-2/h7-12,15-21,24-28,31-32,34-35,37,40,54H,4-6,13-14,22-23,29-30,33,36,38-39,41-53H2,1-3H3/b10-7+,11-8+,12-9+,18-15+,19-16+,20-17+,24-21+,27-25+,28-26+,34-31+,35-32+,40-37+. The molecule has 0 radical (unpaired) electrons. The van der Waals surface area contributed by atoms with Crippen LogP contribution in [0.4, 0.5) is 0 Å². The zero-order valence-corrected chi connectivity index (χ0v) is 39.8. The number of carbonyl (C=O) groups is 3. The molecule has 0 spiro atoms. The summed E-state index contributed by atoms with van der Waals surface area (Å²) >= 11 is 0. The monoisotopic (exact) mass is 867 g/mol. The fourth-order valence-electron chi connectivity index (χ4n) is 5.89. The maximum Gasteiger partial charge on any atom is 0.306 e. The van der Waals surface area contributed by atoms with E-state index >= 15 is 0 Å². The maximum atomic E-state index is 12.8. The zero-order chi connectivity index (χ0) is 45.8. The second kappa shape index (κ2) is 49.9. The number of rotatable bonds is 41. The fourth-order valence-corrected chi connectivity index (χ4v) is 5.89. The van der Waals surface area contributed by atoms with Gasteiger partial charge in [0.05, 0.1) is 0 Å². The molecule has 0 saturated carbocycles. The summed E-state index contributed by atoms with van der Waals surface area (Å²) in [7, 11) is 0. The summed E-state index contributed by atoms with van der Waals surface area (Å²) in [5, 5.41) is 0. The molecule has 0 heterocycles. The topological polar surface area (TPSA) is 78.9 Å². The van der Waals surface area contributed by atoms with Crippen LogP contribution in [0.3, 0.4) is 0 Å². The first kappa shape index (κ1) is 58.3. The van der Waals surface area contributed by atoms with Crippen molar-refractivity contribution in [2.75, 3.05) is 13.2 Å². The third-order valence-electron chi connectivity index (χ3n) is 9.45. The van der Waals surface area contributed by atoms with Crippen molar-refractivity contribution in [2.45, 2.75) is 181 Å². The van der Waals surface area contributed by atoms with Crippen molar-refractivity contribution in [3.63, 3.8) is 0 Å². The van der Waals surface area contributed by atoms with E-state index in [2.05, 4.69) is 112 Å². The normalized spacial score (nSPS) is 13.4. The van der Waals surface area contributed by atoms with Crippen molar-refractivity contribution in [3.8, 4) is 0 Å². The molecule has 6 nitrogen and oxygen atoms in total. The molecule has 0 fully saturated rings. The molecule has 0 aromatic carbocycles. The predicted octanol–water partition coefficient (Wildman–Crippen LogP) is 16.1. The first-order valence-corrected chi connectivity index (χ1v) is 24.4. The minimum atomic E-state index is -0.833. The summed E-state index contributed by atoms with van der Waals surface area (Å²) in [5.74, 6) is -1.06. The van der Waals surface area contributed by atoms with Gasteiger partial charge in [0.15, 0.2) is 6.10 Å². The molecule has 6 heteroatoms. The lowest BCUT2D eigenvalue weighted by Gasteiger charge is -2.18. The summed E-state index contributed by atoms with van der Waals surface area (Å²) < 4.78 is 16.7. The summed E-state index contributed by atoms with van der Waals surface area (Å²) in [4.78, 5) is 37.9. The lowest BCUT2D eigenvalue weighted by atomic mass is 10.1. The van der Waals surface area contributed by atoms with E-state index in [0.717, 1.165) is 116 Å². The second-order valence-electron chi connectivity index (χ2n) is 15.3. The van der Waals surface area contributed by atoms with Gasteiger partial charge < -0.3 is 14.2 Å². The van der Waals surface area contributed by atoms with Crippen LogP contribution in [0.5, 0.6) is 0 Å². The minimum absolute atomic E-state index is 0.129. The lowest BCUT2D eigenvalue weighted by Crippen LogP contribution is -2.30. The van der Waals surface area contributed by atoms with Crippen molar-refractivity contribution in [1.29, 1.82) is 0 Å². The third-order valence-corrected chi connectivity index (χ3v) is 9.45. The van der Waals surface area contributed by atoms with Crippen molar-refractivity contribution < 1.29 is 28.6 Å². The first-order valence-electron chi connectivity index (χ1n) is 24.4. The van der Waals surface area contributed by atoms with E-state index < -0.39 is 6.10 Å². The summed E-state index contributed by atoms with van der Waals surface area (Å²) in [6.45, 7) is 6.13. The molecule has 1 atom stereocenters. The van der Waals surface area contributed by atoms with Gasteiger partial charge in [0.1, 0.15) is 13.2 Å². The fraction of sp³-hybridized carbons (Fsp3) is 0.526. The summed E-state index contributed by atoms with van der Waals surface area (Å²) in [6, 6.07) is 0. The van der Waals surface area contributed by atoms with Crippen LogP contribution in [0.25, 0.3) is 0 Å². The minimum Gasteiger partial charge on any atom is -0.462 e. The average molecular weight is 867 g/mol. The number of ether oxygens (including phenoxy) is 3. The largest absolute Gasteiger partial charge is 0.462 e. The van der Waals surface area contributed by atoms with E-state index in [1.165, 1.54) is 12.8 Å². The van der Waals surface area contributed by atoms with Crippen LogP contribution in [0.1, 0.15) is 175 Å². The van der Waals surface area contributed by atoms with Crippen LogP contribution >= 0.6 is 0 Å². The highest BCUT2D eigenvalue weighted by Crippen LogP contribution is 2.12. The Hall–Kier alpha value is -4.71. The molecular formula is C57H86O6. The first-order chi connectivity index (χ1) is 31.0. The Balaban J connectivity index is 4.60. The number of allylic oxidation sites excluding steroid dienone is 24. The van der Waals surface area contributed by atoms with Crippen LogP contribution in [-0.2, 0) is 28.6 Å². The Morgan fingerprint density at radius 2 is 0.667 bits per heavy atom. The van der Waals surface area contributed by atoms with Gasteiger partial charge in [-0.3, -0.25) is 14.4 Å². The Labute approximate surface area is 385 Å². The van der Waals surface area contributed by atoms with Crippen LogP contribution in [0.15, 0.2) is 146 Å². The Morgan fingerprint density at radius 3 is 1.14 bits per heavy atom. The molecule has 0 bridgehead atoms. The molecule has 0 rings (SSSR count). The summed E-state index contributed by atoms with van der Waals surface area (Å²) in [6.07, 6.45) is 71.2. The van der Waals surface area contributed by atoms with Gasteiger partial charge in [-0.05, 0) is 103 Å². The van der Waals surface area contributed by atoms with Gasteiger partial charge in [0, 0.05) is 19.3 Å². The number of hydrogen-bond donors (Lipinski definition) is 0. The SMILES string of the molecule is CC/C=C/C=C/C=C/C=C/C=C/CCCC(=O)OCC(COC(=O)CCCCC/C=C/C/C=C/C/C=C/C/C=C/CC)OC(=O)CCCCCCCC/C=C/C/C=C/C/C=C/CC. The maximum absolute atomic E-state index is 12.8. The van der Waals surface area contributed by atoms with Gasteiger partial charge >= 0.3 is 17.9 Å². The van der Waals surface area contributed by atoms with Crippen molar-refractivity contribution >= 4 is 17.9 Å². The molecule has 0 aliphatic carbocycles. The number of unbranched alkanes of at least 4 members (excludes halogenated alkanes) is 10. The van der Waals surface area contributed by atoms with Gasteiger partial charge in [0.25, 0.3) is 0 Å². The Kier molecular flexibility index (Phi) is 46.2. The number of esters is 3. The molecule has 350 valence electrons. The molecule has 0 N–H and O–H groups in total.